The Morgan fingerprint density at radius 1 is 1.05 bits per heavy atom. The van der Waals surface area contributed by atoms with Gasteiger partial charge in [-0.2, -0.15) is 0 Å². The minimum atomic E-state index is 0.0187. The first kappa shape index (κ1) is 14.6. The number of carbonyl (C=O) groups is 1. The van der Waals surface area contributed by atoms with E-state index in [1.807, 2.05) is 25.1 Å². The number of carbonyl (C=O) groups excluding carboxylic acids is 1. The fourth-order valence-corrected chi connectivity index (χ4v) is 2.24. The topological polar surface area (TPSA) is 35.5 Å². The molecule has 0 aromatic heterocycles. The van der Waals surface area contributed by atoms with Gasteiger partial charge in [0.1, 0.15) is 5.75 Å². The third kappa shape index (κ3) is 3.20. The monoisotopic (exact) mass is 334 g/mol. The molecule has 0 saturated carbocycles. The zero-order valence-corrected chi connectivity index (χ0v) is 13.2. The third-order valence-corrected chi connectivity index (χ3v) is 3.50. The smallest absolute Gasteiger partial charge is 0.169 e. The highest BCUT2D eigenvalue weighted by molar-refractivity contribution is 9.10. The number of rotatable bonds is 4. The highest BCUT2D eigenvalue weighted by atomic mass is 79.9. The van der Waals surface area contributed by atoms with Crippen LogP contribution in [0.2, 0.25) is 0 Å². The zero-order chi connectivity index (χ0) is 14.7. The van der Waals surface area contributed by atoms with Crippen LogP contribution in [0, 0.1) is 6.92 Å². The summed E-state index contributed by atoms with van der Waals surface area (Å²) in [4.78, 5) is 11.3. The molecule has 104 valence electrons. The van der Waals surface area contributed by atoms with E-state index in [1.165, 1.54) is 6.92 Å². The second kappa shape index (κ2) is 6.09. The van der Waals surface area contributed by atoms with Crippen LogP contribution < -0.4 is 9.47 Å². The van der Waals surface area contributed by atoms with Gasteiger partial charge in [-0.05, 0) is 65.7 Å². The molecule has 2 aromatic carbocycles. The first-order valence-corrected chi connectivity index (χ1v) is 6.93. The molecule has 0 aliphatic heterocycles. The third-order valence-electron chi connectivity index (χ3n) is 2.88. The molecule has 2 aromatic rings. The predicted molar refractivity (Wildman–Crippen MR) is 82.0 cm³/mol. The summed E-state index contributed by atoms with van der Waals surface area (Å²) in [6, 6.07) is 11.0. The second-order valence-corrected chi connectivity index (χ2v) is 5.31. The molecule has 0 amide bonds. The van der Waals surface area contributed by atoms with Gasteiger partial charge >= 0.3 is 0 Å². The summed E-state index contributed by atoms with van der Waals surface area (Å²) in [5.74, 6) is 1.96. The highest BCUT2D eigenvalue weighted by Gasteiger charge is 2.10. The Bertz CT molecular complexity index is 650. The molecule has 0 fully saturated rings. The number of ketones is 1. The first-order chi connectivity index (χ1) is 9.51. The van der Waals surface area contributed by atoms with Crippen molar-refractivity contribution in [1.29, 1.82) is 0 Å². The normalized spacial score (nSPS) is 10.2. The van der Waals surface area contributed by atoms with Gasteiger partial charge in [0.15, 0.2) is 17.3 Å². The molecular weight excluding hydrogens is 320 g/mol. The maximum Gasteiger partial charge on any atom is 0.169 e. The number of hydrogen-bond acceptors (Lipinski definition) is 3. The molecule has 3 nitrogen and oxygen atoms in total. The second-order valence-electron chi connectivity index (χ2n) is 4.46. The molecule has 0 unspecified atom stereocenters. The molecule has 0 atom stereocenters. The van der Waals surface area contributed by atoms with Gasteiger partial charge in [-0.15, -0.1) is 0 Å². The van der Waals surface area contributed by atoms with Gasteiger partial charge in [0, 0.05) is 5.56 Å². The summed E-state index contributed by atoms with van der Waals surface area (Å²) in [5.41, 5.74) is 1.74. The van der Waals surface area contributed by atoms with Crippen LogP contribution in [0.4, 0.5) is 0 Å². The van der Waals surface area contributed by atoms with Crippen LogP contribution in [0.3, 0.4) is 0 Å². The van der Waals surface area contributed by atoms with Crippen LogP contribution in [-0.4, -0.2) is 12.9 Å². The largest absolute Gasteiger partial charge is 0.493 e. The number of methoxy groups -OCH3 is 1. The van der Waals surface area contributed by atoms with Gasteiger partial charge in [0.2, 0.25) is 0 Å². The Morgan fingerprint density at radius 3 is 2.35 bits per heavy atom. The number of benzene rings is 2. The van der Waals surface area contributed by atoms with Crippen molar-refractivity contribution in [3.05, 3.63) is 52.0 Å². The minimum Gasteiger partial charge on any atom is -0.493 e. The van der Waals surface area contributed by atoms with E-state index in [2.05, 4.69) is 15.9 Å². The number of Topliss-reactive ketones (excluding diaryl/α,β-unsaturated/α-hetero) is 1. The van der Waals surface area contributed by atoms with Gasteiger partial charge in [-0.3, -0.25) is 4.79 Å². The summed E-state index contributed by atoms with van der Waals surface area (Å²) in [6.45, 7) is 3.52. The molecule has 0 bridgehead atoms. The minimum absolute atomic E-state index is 0.0187. The molecule has 2 rings (SSSR count). The van der Waals surface area contributed by atoms with Crippen molar-refractivity contribution < 1.29 is 14.3 Å². The predicted octanol–water partition coefficient (Wildman–Crippen LogP) is 4.76. The van der Waals surface area contributed by atoms with E-state index >= 15 is 0 Å². The van der Waals surface area contributed by atoms with Gasteiger partial charge in [-0.1, -0.05) is 6.07 Å². The number of ether oxygens (including phenoxy) is 2. The highest BCUT2D eigenvalue weighted by Crippen LogP contribution is 2.36. The lowest BCUT2D eigenvalue weighted by atomic mass is 10.1. The van der Waals surface area contributed by atoms with Crippen molar-refractivity contribution in [1.82, 2.24) is 0 Å². The maximum atomic E-state index is 11.3. The van der Waals surface area contributed by atoms with E-state index in [1.54, 1.807) is 25.3 Å². The first-order valence-electron chi connectivity index (χ1n) is 6.14. The lowest BCUT2D eigenvalue weighted by Crippen LogP contribution is -1.94. The quantitative estimate of drug-likeness (QED) is 0.756. The Labute approximate surface area is 126 Å². The molecule has 4 heteroatoms. The molecule has 0 heterocycles. The van der Waals surface area contributed by atoms with Gasteiger partial charge in [-0.25, -0.2) is 0 Å². The van der Waals surface area contributed by atoms with Crippen LogP contribution in [0.15, 0.2) is 40.9 Å². The maximum absolute atomic E-state index is 11.3. The zero-order valence-electron chi connectivity index (χ0n) is 11.6. The number of aryl methyl sites for hydroxylation is 1. The molecular formula is C16H15BrO3. The van der Waals surface area contributed by atoms with E-state index in [4.69, 9.17) is 9.47 Å². The Morgan fingerprint density at radius 2 is 1.75 bits per heavy atom. The average Bonchev–Trinajstić information content (AvgIpc) is 2.42. The van der Waals surface area contributed by atoms with Crippen molar-refractivity contribution in [2.24, 2.45) is 0 Å². The molecule has 0 spiro atoms. The Balaban J connectivity index is 2.33. The van der Waals surface area contributed by atoms with E-state index in [0.29, 0.717) is 22.8 Å². The lowest BCUT2D eigenvalue weighted by Gasteiger charge is -2.12. The van der Waals surface area contributed by atoms with E-state index in [-0.39, 0.29) is 5.78 Å². The SMILES string of the molecule is COc1cc(C)ccc1Oc1ccc(C(C)=O)cc1Br. The van der Waals surface area contributed by atoms with Crippen molar-refractivity contribution in [3.8, 4) is 17.2 Å². The summed E-state index contributed by atoms with van der Waals surface area (Å²) >= 11 is 3.42. The standard InChI is InChI=1S/C16H15BrO3/c1-10-4-6-15(16(8-10)19-3)20-14-7-5-12(11(2)18)9-13(14)17/h4-9H,1-3H3. The van der Waals surface area contributed by atoms with E-state index < -0.39 is 0 Å². The summed E-state index contributed by atoms with van der Waals surface area (Å²) in [7, 11) is 1.61. The van der Waals surface area contributed by atoms with Crippen molar-refractivity contribution in [2.45, 2.75) is 13.8 Å². The number of halogens is 1. The van der Waals surface area contributed by atoms with Crippen molar-refractivity contribution in [3.63, 3.8) is 0 Å². The summed E-state index contributed by atoms with van der Waals surface area (Å²) in [6.07, 6.45) is 0. The molecule has 0 N–H and O–H groups in total. The lowest BCUT2D eigenvalue weighted by molar-refractivity contribution is 0.101. The van der Waals surface area contributed by atoms with E-state index in [0.717, 1.165) is 10.0 Å². The fraction of sp³-hybridized carbons (Fsp3) is 0.188. The van der Waals surface area contributed by atoms with Crippen LogP contribution >= 0.6 is 15.9 Å². The number of hydrogen-bond donors (Lipinski definition) is 0. The van der Waals surface area contributed by atoms with Gasteiger partial charge in [0.05, 0.1) is 11.6 Å². The van der Waals surface area contributed by atoms with Crippen LogP contribution in [0.5, 0.6) is 17.2 Å². The molecule has 0 aliphatic rings. The van der Waals surface area contributed by atoms with Crippen LogP contribution in [-0.2, 0) is 0 Å². The fourth-order valence-electron chi connectivity index (χ4n) is 1.78. The van der Waals surface area contributed by atoms with Crippen LogP contribution in [0.1, 0.15) is 22.8 Å². The summed E-state index contributed by atoms with van der Waals surface area (Å²) < 4.78 is 11.9. The van der Waals surface area contributed by atoms with Crippen LogP contribution in [0.25, 0.3) is 0 Å². The van der Waals surface area contributed by atoms with Crippen molar-refractivity contribution >= 4 is 21.7 Å². The van der Waals surface area contributed by atoms with Gasteiger partial charge < -0.3 is 9.47 Å². The molecule has 0 saturated heterocycles. The van der Waals surface area contributed by atoms with E-state index in [9.17, 15) is 4.79 Å². The Kier molecular flexibility index (Phi) is 4.45. The van der Waals surface area contributed by atoms with Gasteiger partial charge in [0.25, 0.3) is 0 Å². The molecule has 20 heavy (non-hydrogen) atoms. The average molecular weight is 335 g/mol. The summed E-state index contributed by atoms with van der Waals surface area (Å²) in [5, 5.41) is 0. The van der Waals surface area contributed by atoms with Crippen molar-refractivity contribution in [2.75, 3.05) is 7.11 Å². The molecule has 0 aliphatic carbocycles. The molecule has 0 radical (unpaired) electrons. The Hall–Kier alpha value is -1.81.